The maximum atomic E-state index is 13.3. The molecule has 0 spiro atoms. The lowest BCUT2D eigenvalue weighted by molar-refractivity contribution is -0.118. The summed E-state index contributed by atoms with van der Waals surface area (Å²) in [5, 5.41) is 5.15. The van der Waals surface area contributed by atoms with Crippen molar-refractivity contribution >= 4 is 66.1 Å². The van der Waals surface area contributed by atoms with Gasteiger partial charge in [-0.05, 0) is 61.0 Å². The summed E-state index contributed by atoms with van der Waals surface area (Å²) in [7, 11) is 0. The van der Waals surface area contributed by atoms with E-state index in [1.54, 1.807) is 12.1 Å². The van der Waals surface area contributed by atoms with Crippen LogP contribution in [-0.2, 0) is 4.79 Å². The molecular weight excluding hydrogens is 568 g/mol. The normalized spacial score (nSPS) is 11.5. The number of hydrogen-bond acceptors (Lipinski definition) is 5. The molecule has 0 bridgehead atoms. The number of carbonyl (C=O) groups is 1. The second kappa shape index (κ2) is 10.5. The Morgan fingerprint density at radius 1 is 1.03 bits per heavy atom. The zero-order chi connectivity index (χ0) is 23.4. The Hall–Kier alpha value is -2.75. The van der Waals surface area contributed by atoms with E-state index in [0.717, 1.165) is 14.5 Å². The number of halogens is 2. The van der Waals surface area contributed by atoms with Crippen molar-refractivity contribution in [1.29, 1.82) is 0 Å². The van der Waals surface area contributed by atoms with Gasteiger partial charge in [-0.2, -0.15) is 5.10 Å². The average Bonchev–Trinajstić information content (AvgIpc) is 2.82. The summed E-state index contributed by atoms with van der Waals surface area (Å²) in [6.07, 6.45) is 0. The summed E-state index contributed by atoms with van der Waals surface area (Å²) in [4.78, 5) is 30.4. The van der Waals surface area contributed by atoms with E-state index in [4.69, 9.17) is 0 Å². The SMILES string of the molecule is C/C(=N\NC(=O)CSc1nc2ccccc2c(=O)n1-c1ccc(Br)cc1)c1cccc(Br)c1. The first-order chi connectivity index (χ1) is 15.9. The molecule has 0 saturated carbocycles. The lowest BCUT2D eigenvalue weighted by Crippen LogP contribution is -2.24. The molecule has 1 aromatic heterocycles. The zero-order valence-corrected chi connectivity index (χ0v) is 21.4. The first-order valence-electron chi connectivity index (χ1n) is 9.92. The van der Waals surface area contributed by atoms with Gasteiger partial charge >= 0.3 is 0 Å². The summed E-state index contributed by atoms with van der Waals surface area (Å²) in [6, 6.07) is 22.2. The lowest BCUT2D eigenvalue weighted by atomic mass is 10.1. The van der Waals surface area contributed by atoms with Gasteiger partial charge in [0, 0.05) is 8.95 Å². The van der Waals surface area contributed by atoms with Crippen LogP contribution in [0.5, 0.6) is 0 Å². The molecule has 4 rings (SSSR count). The molecule has 166 valence electrons. The van der Waals surface area contributed by atoms with Crippen molar-refractivity contribution in [3.8, 4) is 5.69 Å². The standard InChI is InChI=1S/C24H18Br2N4O2S/c1-15(16-5-4-6-18(26)13-16)28-29-22(31)14-33-24-27-21-8-3-2-7-20(21)23(32)30(24)19-11-9-17(25)10-12-19/h2-13H,14H2,1H3,(H,29,31)/b28-15+. The van der Waals surface area contributed by atoms with Crippen molar-refractivity contribution in [1.82, 2.24) is 15.0 Å². The van der Waals surface area contributed by atoms with Gasteiger partial charge in [-0.15, -0.1) is 0 Å². The molecule has 1 amide bonds. The molecule has 0 aliphatic heterocycles. The highest BCUT2D eigenvalue weighted by Gasteiger charge is 2.15. The zero-order valence-electron chi connectivity index (χ0n) is 17.5. The highest BCUT2D eigenvalue weighted by Crippen LogP contribution is 2.22. The predicted molar refractivity (Wildman–Crippen MR) is 140 cm³/mol. The van der Waals surface area contributed by atoms with Crippen LogP contribution in [0.25, 0.3) is 16.6 Å². The first kappa shape index (κ1) is 23.4. The van der Waals surface area contributed by atoms with Crippen molar-refractivity contribution in [2.75, 3.05) is 5.75 Å². The maximum absolute atomic E-state index is 13.3. The van der Waals surface area contributed by atoms with Gasteiger partial charge in [-0.25, -0.2) is 10.4 Å². The van der Waals surface area contributed by atoms with E-state index in [9.17, 15) is 9.59 Å². The number of hydrogen-bond donors (Lipinski definition) is 1. The van der Waals surface area contributed by atoms with E-state index in [1.165, 1.54) is 16.3 Å². The molecule has 3 aromatic carbocycles. The Labute approximate surface area is 211 Å². The van der Waals surface area contributed by atoms with Gasteiger partial charge in [0.25, 0.3) is 11.5 Å². The van der Waals surface area contributed by atoms with E-state index >= 15 is 0 Å². The number of para-hydroxylation sites is 1. The van der Waals surface area contributed by atoms with E-state index in [0.29, 0.717) is 27.5 Å². The molecule has 0 fully saturated rings. The van der Waals surface area contributed by atoms with E-state index in [1.807, 2.05) is 67.6 Å². The quantitative estimate of drug-likeness (QED) is 0.139. The third-order valence-corrected chi connectivity index (χ3v) is 6.71. The molecule has 9 heteroatoms. The second-order valence-corrected chi connectivity index (χ2v) is 9.83. The fraction of sp³-hybridized carbons (Fsp3) is 0.0833. The van der Waals surface area contributed by atoms with Crippen LogP contribution in [0.2, 0.25) is 0 Å². The number of aromatic nitrogens is 2. The maximum Gasteiger partial charge on any atom is 0.266 e. The molecule has 6 nitrogen and oxygen atoms in total. The summed E-state index contributed by atoms with van der Waals surface area (Å²) < 4.78 is 3.37. The van der Waals surface area contributed by atoms with Crippen LogP contribution in [0.15, 0.2) is 96.8 Å². The van der Waals surface area contributed by atoms with Crippen molar-refractivity contribution in [3.05, 3.63) is 97.7 Å². The van der Waals surface area contributed by atoms with E-state index < -0.39 is 0 Å². The number of rotatable bonds is 6. The van der Waals surface area contributed by atoms with Gasteiger partial charge in [0.15, 0.2) is 5.16 Å². The molecule has 0 atom stereocenters. The Kier molecular flexibility index (Phi) is 7.42. The number of nitrogens with zero attached hydrogens (tertiary/aromatic N) is 3. The van der Waals surface area contributed by atoms with E-state index in [-0.39, 0.29) is 17.2 Å². The van der Waals surface area contributed by atoms with Crippen LogP contribution in [0.1, 0.15) is 12.5 Å². The van der Waals surface area contributed by atoms with Gasteiger partial charge in [0.2, 0.25) is 0 Å². The third-order valence-electron chi connectivity index (χ3n) is 4.75. The third kappa shape index (κ3) is 5.61. The number of benzene rings is 3. The number of hydrazone groups is 1. The number of amides is 1. The molecule has 0 aliphatic rings. The molecule has 0 unspecified atom stereocenters. The smallest absolute Gasteiger partial charge is 0.266 e. The van der Waals surface area contributed by atoms with Crippen molar-refractivity contribution < 1.29 is 4.79 Å². The Balaban J connectivity index is 1.58. The first-order valence-corrected chi connectivity index (χ1v) is 12.5. The molecule has 1 heterocycles. The van der Waals surface area contributed by atoms with E-state index in [2.05, 4.69) is 47.4 Å². The predicted octanol–water partition coefficient (Wildman–Crippen LogP) is 5.54. The van der Waals surface area contributed by atoms with Crippen molar-refractivity contribution in [2.24, 2.45) is 5.10 Å². The minimum atomic E-state index is -0.292. The summed E-state index contributed by atoms with van der Waals surface area (Å²) in [6.45, 7) is 1.82. The molecular formula is C24H18Br2N4O2S. The summed E-state index contributed by atoms with van der Waals surface area (Å²) in [5.41, 5.74) is 5.24. The molecule has 0 saturated heterocycles. The monoisotopic (exact) mass is 584 g/mol. The fourth-order valence-electron chi connectivity index (χ4n) is 3.11. The minimum absolute atomic E-state index is 0.0522. The number of fused-ring (bicyclic) bond motifs is 1. The van der Waals surface area contributed by atoms with Gasteiger partial charge in [0.05, 0.1) is 28.1 Å². The van der Waals surface area contributed by atoms with Crippen LogP contribution in [0.4, 0.5) is 0 Å². The minimum Gasteiger partial charge on any atom is -0.272 e. The summed E-state index contributed by atoms with van der Waals surface area (Å²) in [5.74, 6) is -0.240. The summed E-state index contributed by atoms with van der Waals surface area (Å²) >= 11 is 8.03. The van der Waals surface area contributed by atoms with Crippen LogP contribution >= 0.6 is 43.6 Å². The molecule has 33 heavy (non-hydrogen) atoms. The van der Waals surface area contributed by atoms with Gasteiger partial charge in [-0.3, -0.25) is 14.2 Å². The highest BCUT2D eigenvalue weighted by atomic mass is 79.9. The van der Waals surface area contributed by atoms with Crippen LogP contribution in [-0.4, -0.2) is 26.9 Å². The fourth-order valence-corrected chi connectivity index (χ4v) is 4.58. The van der Waals surface area contributed by atoms with Gasteiger partial charge in [-0.1, -0.05) is 67.9 Å². The Bertz CT molecular complexity index is 1420. The molecule has 1 N–H and O–H groups in total. The molecule has 4 aromatic rings. The van der Waals surface area contributed by atoms with Crippen LogP contribution in [0.3, 0.4) is 0 Å². The van der Waals surface area contributed by atoms with Crippen molar-refractivity contribution in [3.63, 3.8) is 0 Å². The molecule has 0 radical (unpaired) electrons. The van der Waals surface area contributed by atoms with Crippen LogP contribution in [0, 0.1) is 0 Å². The number of thioether (sulfide) groups is 1. The average molecular weight is 586 g/mol. The van der Waals surface area contributed by atoms with Crippen molar-refractivity contribution in [2.45, 2.75) is 12.1 Å². The molecule has 0 aliphatic carbocycles. The second-order valence-electron chi connectivity index (χ2n) is 7.06. The largest absolute Gasteiger partial charge is 0.272 e. The lowest BCUT2D eigenvalue weighted by Gasteiger charge is -2.13. The number of nitrogens with one attached hydrogen (secondary N) is 1. The van der Waals surface area contributed by atoms with Gasteiger partial charge < -0.3 is 0 Å². The van der Waals surface area contributed by atoms with Gasteiger partial charge in [0.1, 0.15) is 0 Å². The Morgan fingerprint density at radius 3 is 2.55 bits per heavy atom. The Morgan fingerprint density at radius 2 is 1.79 bits per heavy atom. The highest BCUT2D eigenvalue weighted by molar-refractivity contribution is 9.10. The van der Waals surface area contributed by atoms with Crippen LogP contribution < -0.4 is 11.0 Å². The topological polar surface area (TPSA) is 76.3 Å². The number of carbonyl (C=O) groups excluding carboxylic acids is 1.